The van der Waals surface area contributed by atoms with Crippen molar-refractivity contribution in [2.24, 2.45) is 0 Å². The minimum Gasteiger partial charge on any atom is -0.481 e. The molecule has 0 saturated heterocycles. The smallest absolute Gasteiger partial charge is 0.313 e. The van der Waals surface area contributed by atoms with E-state index in [0.29, 0.717) is 29.8 Å². The average Bonchev–Trinajstić information content (AvgIpc) is 3.01. The molecule has 1 N–H and O–H groups in total. The Labute approximate surface area is 125 Å². The summed E-state index contributed by atoms with van der Waals surface area (Å²) in [4.78, 5) is 14.8. The Hall–Kier alpha value is -1.90. The van der Waals surface area contributed by atoms with Gasteiger partial charge in [-0.3, -0.25) is 4.79 Å². The Morgan fingerprint density at radius 3 is 2.81 bits per heavy atom. The van der Waals surface area contributed by atoms with Gasteiger partial charge in [0.2, 0.25) is 5.89 Å². The van der Waals surface area contributed by atoms with E-state index in [2.05, 4.69) is 27.3 Å². The van der Waals surface area contributed by atoms with Crippen LogP contribution in [-0.4, -0.2) is 41.7 Å². The number of aliphatic carboxylic acids is 1. The Morgan fingerprint density at radius 2 is 2.19 bits per heavy atom. The Balaban J connectivity index is 2.09. The second-order valence-electron chi connectivity index (χ2n) is 4.46. The lowest BCUT2D eigenvalue weighted by Gasteiger charge is -2.07. The highest BCUT2D eigenvalue weighted by atomic mass is 32.2. The SMILES string of the molecule is CCCc1nnc(SCC(=O)O)n1CCc1noc(C)n1. The van der Waals surface area contributed by atoms with Crippen LogP contribution < -0.4 is 0 Å². The van der Waals surface area contributed by atoms with E-state index in [9.17, 15) is 4.79 Å². The zero-order valence-electron chi connectivity index (χ0n) is 11.9. The fraction of sp³-hybridized carbons (Fsp3) is 0.583. The summed E-state index contributed by atoms with van der Waals surface area (Å²) in [6, 6.07) is 0. The Kier molecular flexibility index (Phi) is 5.32. The van der Waals surface area contributed by atoms with Gasteiger partial charge < -0.3 is 14.2 Å². The number of nitrogens with zero attached hydrogens (tertiary/aromatic N) is 5. The third-order valence-electron chi connectivity index (χ3n) is 2.72. The van der Waals surface area contributed by atoms with Crippen LogP contribution in [0.1, 0.15) is 30.9 Å². The van der Waals surface area contributed by atoms with E-state index in [4.69, 9.17) is 9.63 Å². The van der Waals surface area contributed by atoms with E-state index in [1.807, 2.05) is 4.57 Å². The van der Waals surface area contributed by atoms with Gasteiger partial charge >= 0.3 is 5.97 Å². The highest BCUT2D eigenvalue weighted by Crippen LogP contribution is 2.18. The van der Waals surface area contributed by atoms with Crippen LogP contribution in [0.3, 0.4) is 0 Å². The van der Waals surface area contributed by atoms with E-state index in [1.165, 1.54) is 11.8 Å². The quantitative estimate of drug-likeness (QED) is 0.728. The third-order valence-corrected chi connectivity index (χ3v) is 3.67. The molecule has 2 aromatic rings. The predicted molar refractivity (Wildman–Crippen MR) is 75.1 cm³/mol. The second kappa shape index (κ2) is 7.21. The monoisotopic (exact) mass is 311 g/mol. The number of carboxylic acid groups (broad SMARTS) is 1. The summed E-state index contributed by atoms with van der Waals surface area (Å²) in [5.41, 5.74) is 0. The van der Waals surface area contributed by atoms with Gasteiger partial charge in [0.1, 0.15) is 5.82 Å². The summed E-state index contributed by atoms with van der Waals surface area (Å²) in [5, 5.41) is 21.5. The van der Waals surface area contributed by atoms with Crippen molar-refractivity contribution in [1.82, 2.24) is 24.9 Å². The summed E-state index contributed by atoms with van der Waals surface area (Å²) in [6.07, 6.45) is 2.33. The van der Waals surface area contributed by atoms with E-state index >= 15 is 0 Å². The Bertz CT molecular complexity index is 610. The van der Waals surface area contributed by atoms with E-state index in [0.717, 1.165) is 18.7 Å². The maximum atomic E-state index is 10.7. The normalized spacial score (nSPS) is 11.0. The zero-order chi connectivity index (χ0) is 15.2. The van der Waals surface area contributed by atoms with Gasteiger partial charge in [-0.05, 0) is 6.42 Å². The van der Waals surface area contributed by atoms with Crippen LogP contribution in [-0.2, 0) is 24.2 Å². The molecule has 114 valence electrons. The molecule has 0 bridgehead atoms. The summed E-state index contributed by atoms with van der Waals surface area (Å²) < 4.78 is 6.87. The number of thioether (sulfide) groups is 1. The maximum Gasteiger partial charge on any atom is 0.313 e. The molecule has 0 saturated carbocycles. The van der Waals surface area contributed by atoms with Crippen LogP contribution in [0.25, 0.3) is 0 Å². The molecule has 0 aliphatic carbocycles. The lowest BCUT2D eigenvalue weighted by molar-refractivity contribution is -0.133. The topological polar surface area (TPSA) is 107 Å². The molecule has 21 heavy (non-hydrogen) atoms. The van der Waals surface area contributed by atoms with Crippen molar-refractivity contribution < 1.29 is 14.4 Å². The van der Waals surface area contributed by atoms with E-state index in [1.54, 1.807) is 6.92 Å². The molecular formula is C12H17N5O3S. The maximum absolute atomic E-state index is 10.7. The largest absolute Gasteiger partial charge is 0.481 e. The van der Waals surface area contributed by atoms with Crippen molar-refractivity contribution in [3.05, 3.63) is 17.5 Å². The fourth-order valence-electron chi connectivity index (χ4n) is 1.84. The zero-order valence-corrected chi connectivity index (χ0v) is 12.8. The lowest BCUT2D eigenvalue weighted by Crippen LogP contribution is -2.09. The summed E-state index contributed by atoms with van der Waals surface area (Å²) >= 11 is 1.17. The number of rotatable bonds is 8. The van der Waals surface area contributed by atoms with Crippen LogP contribution in [0.4, 0.5) is 0 Å². The molecule has 2 heterocycles. The van der Waals surface area contributed by atoms with Crippen LogP contribution in [0.5, 0.6) is 0 Å². The minimum atomic E-state index is -0.875. The number of hydrogen-bond donors (Lipinski definition) is 1. The van der Waals surface area contributed by atoms with E-state index in [-0.39, 0.29) is 5.75 Å². The molecule has 0 fully saturated rings. The van der Waals surface area contributed by atoms with Crippen LogP contribution in [0.2, 0.25) is 0 Å². The number of aryl methyl sites for hydroxylation is 3. The van der Waals surface area contributed by atoms with Crippen LogP contribution >= 0.6 is 11.8 Å². The molecule has 8 nitrogen and oxygen atoms in total. The van der Waals surface area contributed by atoms with Gasteiger partial charge in [-0.1, -0.05) is 23.8 Å². The number of aromatic nitrogens is 5. The molecule has 0 aliphatic rings. The number of carbonyl (C=O) groups is 1. The summed E-state index contributed by atoms with van der Waals surface area (Å²) in [6.45, 7) is 4.40. The first-order chi connectivity index (χ1) is 10.1. The molecule has 0 radical (unpaired) electrons. The molecule has 0 atom stereocenters. The number of hydrogen-bond acceptors (Lipinski definition) is 7. The molecule has 0 amide bonds. The van der Waals surface area contributed by atoms with Gasteiger partial charge in [-0.25, -0.2) is 0 Å². The summed E-state index contributed by atoms with van der Waals surface area (Å²) in [5.74, 6) is 1.10. The first-order valence-electron chi connectivity index (χ1n) is 6.66. The van der Waals surface area contributed by atoms with Gasteiger partial charge in [0.05, 0.1) is 5.75 Å². The summed E-state index contributed by atoms with van der Waals surface area (Å²) in [7, 11) is 0. The molecule has 9 heteroatoms. The minimum absolute atomic E-state index is 0.0361. The van der Waals surface area contributed by atoms with Crippen molar-refractivity contribution in [3.8, 4) is 0 Å². The molecule has 2 rings (SSSR count). The van der Waals surface area contributed by atoms with Gasteiger partial charge in [-0.15, -0.1) is 10.2 Å². The number of carboxylic acids is 1. The van der Waals surface area contributed by atoms with Crippen molar-refractivity contribution >= 4 is 17.7 Å². The van der Waals surface area contributed by atoms with E-state index < -0.39 is 5.97 Å². The Morgan fingerprint density at radius 1 is 1.38 bits per heavy atom. The van der Waals surface area contributed by atoms with Crippen LogP contribution in [0.15, 0.2) is 9.68 Å². The molecule has 0 aromatic carbocycles. The van der Waals surface area contributed by atoms with Gasteiger partial charge in [0.15, 0.2) is 11.0 Å². The molecule has 0 aliphatic heterocycles. The van der Waals surface area contributed by atoms with Gasteiger partial charge in [0, 0.05) is 26.3 Å². The van der Waals surface area contributed by atoms with Crippen molar-refractivity contribution in [3.63, 3.8) is 0 Å². The van der Waals surface area contributed by atoms with Gasteiger partial charge in [0.25, 0.3) is 0 Å². The molecule has 2 aromatic heterocycles. The first-order valence-corrected chi connectivity index (χ1v) is 7.64. The standard InChI is InChI=1S/C12H17N5O3S/c1-3-4-10-14-15-12(21-7-11(18)19)17(10)6-5-9-13-8(2)20-16-9/h3-7H2,1-2H3,(H,18,19). The van der Waals surface area contributed by atoms with Crippen molar-refractivity contribution in [1.29, 1.82) is 0 Å². The second-order valence-corrected chi connectivity index (χ2v) is 5.40. The first kappa shape index (κ1) is 15.5. The highest BCUT2D eigenvalue weighted by molar-refractivity contribution is 7.99. The molecular weight excluding hydrogens is 294 g/mol. The van der Waals surface area contributed by atoms with Crippen molar-refractivity contribution in [2.45, 2.75) is 44.8 Å². The molecule has 0 spiro atoms. The van der Waals surface area contributed by atoms with Gasteiger partial charge in [-0.2, -0.15) is 4.98 Å². The van der Waals surface area contributed by atoms with Crippen LogP contribution in [0, 0.1) is 6.92 Å². The lowest BCUT2D eigenvalue weighted by atomic mass is 10.3. The average molecular weight is 311 g/mol. The fourth-order valence-corrected chi connectivity index (χ4v) is 2.54. The predicted octanol–water partition coefficient (Wildman–Crippen LogP) is 1.34. The molecule has 0 unspecified atom stereocenters. The third kappa shape index (κ3) is 4.28. The van der Waals surface area contributed by atoms with Crippen molar-refractivity contribution in [2.75, 3.05) is 5.75 Å². The highest BCUT2D eigenvalue weighted by Gasteiger charge is 2.14.